The number of hydrogen-bond donors (Lipinski definition) is 1. The number of H-pyrrole nitrogens is 1. The van der Waals surface area contributed by atoms with E-state index >= 15 is 0 Å². The maximum absolute atomic E-state index is 14.1. The fourth-order valence-electron chi connectivity index (χ4n) is 5.59. The summed E-state index contributed by atoms with van der Waals surface area (Å²) in [7, 11) is 1.54. The van der Waals surface area contributed by atoms with Gasteiger partial charge in [0.05, 0.1) is 18.5 Å². The summed E-state index contributed by atoms with van der Waals surface area (Å²) < 4.78 is 17.9. The van der Waals surface area contributed by atoms with Gasteiger partial charge in [-0.3, -0.25) is 14.3 Å². The smallest absolute Gasteiger partial charge is 0.439 e. The van der Waals surface area contributed by atoms with Crippen LogP contribution in [0, 0.1) is 0 Å². The van der Waals surface area contributed by atoms with Gasteiger partial charge in [-0.05, 0) is 55.2 Å². The molecule has 214 valence electrons. The molecule has 1 aliphatic heterocycles. The lowest BCUT2D eigenvalue weighted by Gasteiger charge is -2.17. The Kier molecular flexibility index (Phi) is 7.02. The molecule has 42 heavy (non-hydrogen) atoms. The van der Waals surface area contributed by atoms with E-state index in [-0.39, 0.29) is 17.2 Å². The van der Waals surface area contributed by atoms with Crippen LogP contribution in [-0.2, 0) is 19.3 Å². The number of nitrogens with one attached hydrogen (secondary N) is 1. The molecule has 0 radical (unpaired) electrons. The van der Waals surface area contributed by atoms with Crippen LogP contribution in [0.1, 0.15) is 49.6 Å². The number of benzene rings is 3. The molecule has 0 amide bonds. The minimum Gasteiger partial charge on any atom is -0.487 e. The molecule has 3 heterocycles. The molecule has 6 rings (SSSR count). The summed E-state index contributed by atoms with van der Waals surface area (Å²) in [5.41, 5.74) is 6.28. The van der Waals surface area contributed by atoms with E-state index in [2.05, 4.69) is 30.9 Å². The molecule has 3 aromatic carbocycles. The molecule has 2 aromatic heterocycles. The predicted molar refractivity (Wildman–Crippen MR) is 160 cm³/mol. The van der Waals surface area contributed by atoms with Crippen molar-refractivity contribution in [2.45, 2.75) is 52.1 Å². The van der Waals surface area contributed by atoms with E-state index < -0.39 is 5.76 Å². The molecule has 0 atom stereocenters. The fourth-order valence-corrected chi connectivity index (χ4v) is 5.59. The molecule has 0 fully saturated rings. The van der Waals surface area contributed by atoms with Crippen molar-refractivity contribution in [2.75, 3.05) is 7.11 Å². The number of methoxy groups -OCH3 is 1. The molecule has 0 unspecified atom stereocenters. The molecule has 1 N–H and O–H groups in total. The third-order valence-corrected chi connectivity index (χ3v) is 7.47. The number of aromatic amines is 1. The number of nitrogens with zero attached hydrogens (tertiary/aromatic N) is 3. The zero-order valence-corrected chi connectivity index (χ0v) is 24.1. The van der Waals surface area contributed by atoms with Crippen LogP contribution in [0.25, 0.3) is 28.2 Å². The lowest BCUT2D eigenvalue weighted by Crippen LogP contribution is -2.27. The van der Waals surface area contributed by atoms with Crippen molar-refractivity contribution in [2.24, 2.45) is 0 Å². The van der Waals surface area contributed by atoms with Crippen molar-refractivity contribution in [3.63, 3.8) is 0 Å². The largest absolute Gasteiger partial charge is 0.487 e. The highest BCUT2D eigenvalue weighted by atomic mass is 16.5. The van der Waals surface area contributed by atoms with Gasteiger partial charge in [-0.25, -0.2) is 14.3 Å². The van der Waals surface area contributed by atoms with Crippen molar-refractivity contribution in [1.82, 2.24) is 19.7 Å². The topological polar surface area (TPSA) is 112 Å². The first-order valence-corrected chi connectivity index (χ1v) is 14.0. The van der Waals surface area contributed by atoms with Crippen LogP contribution in [0.2, 0.25) is 0 Å². The third kappa shape index (κ3) is 5.13. The molecule has 1 aliphatic rings. The SMILES string of the molecule is CCCc1nc(OC)n(-c2ccc3c(c2)CC(C)(C)O3)c(=O)c1Cc1ccc(-c2ccccc2-c2noc(=O)[nH]2)cc1. The van der Waals surface area contributed by atoms with Gasteiger partial charge in [0.2, 0.25) is 0 Å². The van der Waals surface area contributed by atoms with Crippen LogP contribution in [0.3, 0.4) is 0 Å². The van der Waals surface area contributed by atoms with E-state index in [4.69, 9.17) is 19.0 Å². The molecule has 0 saturated carbocycles. The zero-order chi connectivity index (χ0) is 29.4. The summed E-state index contributed by atoms with van der Waals surface area (Å²) in [5.74, 6) is 0.604. The highest BCUT2D eigenvalue weighted by Gasteiger charge is 2.30. The summed E-state index contributed by atoms with van der Waals surface area (Å²) in [6, 6.07) is 21.7. The van der Waals surface area contributed by atoms with E-state index in [0.717, 1.165) is 52.1 Å². The minimum atomic E-state index is -0.603. The molecular weight excluding hydrogens is 532 g/mol. The molecule has 0 saturated heterocycles. The highest BCUT2D eigenvalue weighted by Crippen LogP contribution is 2.36. The highest BCUT2D eigenvalue weighted by molar-refractivity contribution is 5.80. The fraction of sp³-hybridized carbons (Fsp3) is 0.273. The summed E-state index contributed by atoms with van der Waals surface area (Å²) in [6.07, 6.45) is 2.68. The third-order valence-electron chi connectivity index (χ3n) is 7.47. The Labute approximate surface area is 242 Å². The van der Waals surface area contributed by atoms with E-state index in [1.165, 1.54) is 0 Å². The Balaban J connectivity index is 1.37. The van der Waals surface area contributed by atoms with Gasteiger partial charge in [0.25, 0.3) is 5.56 Å². The van der Waals surface area contributed by atoms with Gasteiger partial charge in [0.1, 0.15) is 11.4 Å². The van der Waals surface area contributed by atoms with Crippen molar-refractivity contribution in [3.05, 3.63) is 110 Å². The summed E-state index contributed by atoms with van der Waals surface area (Å²) >= 11 is 0. The van der Waals surface area contributed by atoms with Gasteiger partial charge in [-0.15, -0.1) is 0 Å². The Morgan fingerprint density at radius 3 is 2.48 bits per heavy atom. The average Bonchev–Trinajstić information content (AvgIpc) is 3.55. The minimum absolute atomic E-state index is 0.146. The van der Waals surface area contributed by atoms with Gasteiger partial charge in [0, 0.05) is 29.5 Å². The molecule has 9 heteroatoms. The van der Waals surface area contributed by atoms with E-state index in [0.29, 0.717) is 29.9 Å². The Bertz CT molecular complexity index is 1880. The standard InChI is InChI=1S/C33H32N4O5/c1-5-8-27-26(30(38)37(31(34-27)40-4)23-15-16-28-22(18-23)19-33(2,3)41-28)17-20-11-13-21(14-12-20)24-9-6-7-10-25(24)29-35-32(39)42-36-29/h6-7,9-16,18H,5,8,17,19H2,1-4H3,(H,35,36,39). The second-order valence-corrected chi connectivity index (χ2v) is 11.1. The van der Waals surface area contributed by atoms with Crippen molar-refractivity contribution >= 4 is 0 Å². The Morgan fingerprint density at radius 2 is 1.79 bits per heavy atom. The lowest BCUT2D eigenvalue weighted by molar-refractivity contribution is 0.138. The quantitative estimate of drug-likeness (QED) is 0.265. The number of fused-ring (bicyclic) bond motifs is 1. The predicted octanol–water partition coefficient (Wildman–Crippen LogP) is 5.51. The van der Waals surface area contributed by atoms with Crippen LogP contribution in [-0.4, -0.2) is 32.4 Å². The second kappa shape index (κ2) is 10.8. The molecular formula is C33H32N4O5. The maximum atomic E-state index is 14.1. The number of aryl methyl sites for hydroxylation is 1. The van der Waals surface area contributed by atoms with Crippen LogP contribution >= 0.6 is 0 Å². The van der Waals surface area contributed by atoms with Crippen molar-refractivity contribution < 1.29 is 14.0 Å². The lowest BCUT2D eigenvalue weighted by atomic mass is 9.96. The van der Waals surface area contributed by atoms with Crippen LogP contribution in [0.5, 0.6) is 11.8 Å². The molecule has 5 aromatic rings. The molecule has 0 aliphatic carbocycles. The monoisotopic (exact) mass is 564 g/mol. The first kappa shape index (κ1) is 27.3. The normalized spacial score (nSPS) is 13.5. The Hall–Kier alpha value is -4.92. The number of rotatable bonds is 8. The van der Waals surface area contributed by atoms with Crippen LogP contribution < -0.4 is 20.8 Å². The van der Waals surface area contributed by atoms with E-state index in [1.54, 1.807) is 11.7 Å². The van der Waals surface area contributed by atoms with Gasteiger partial charge in [-0.1, -0.05) is 67.0 Å². The van der Waals surface area contributed by atoms with Gasteiger partial charge in [0.15, 0.2) is 5.82 Å². The van der Waals surface area contributed by atoms with E-state index in [9.17, 15) is 9.59 Å². The molecule has 0 bridgehead atoms. The number of aromatic nitrogens is 4. The van der Waals surface area contributed by atoms with Gasteiger partial charge in [-0.2, -0.15) is 0 Å². The van der Waals surface area contributed by atoms with Crippen LogP contribution in [0.4, 0.5) is 0 Å². The maximum Gasteiger partial charge on any atom is 0.439 e. The molecule has 9 nitrogen and oxygen atoms in total. The van der Waals surface area contributed by atoms with Gasteiger partial charge >= 0.3 is 11.8 Å². The number of hydrogen-bond acceptors (Lipinski definition) is 7. The van der Waals surface area contributed by atoms with Crippen molar-refractivity contribution in [1.29, 1.82) is 0 Å². The first-order valence-electron chi connectivity index (χ1n) is 14.0. The van der Waals surface area contributed by atoms with E-state index in [1.807, 2.05) is 66.7 Å². The second-order valence-electron chi connectivity index (χ2n) is 11.1. The summed E-state index contributed by atoms with van der Waals surface area (Å²) in [5, 5.41) is 3.85. The Morgan fingerprint density at radius 1 is 1.02 bits per heavy atom. The van der Waals surface area contributed by atoms with Crippen molar-refractivity contribution in [3.8, 4) is 40.0 Å². The zero-order valence-electron chi connectivity index (χ0n) is 24.1. The summed E-state index contributed by atoms with van der Waals surface area (Å²) in [6.45, 7) is 6.18. The first-order chi connectivity index (χ1) is 20.3. The summed E-state index contributed by atoms with van der Waals surface area (Å²) in [4.78, 5) is 33.1. The average molecular weight is 565 g/mol. The molecule has 0 spiro atoms. The van der Waals surface area contributed by atoms with Crippen LogP contribution in [0.15, 0.2) is 80.8 Å². The van der Waals surface area contributed by atoms with Gasteiger partial charge < -0.3 is 9.47 Å². The number of ether oxygens (including phenoxy) is 2.